The number of para-hydroxylation sites is 1. The maximum atomic E-state index is 4.50. The minimum atomic E-state index is 0.422. The first-order valence-electron chi connectivity index (χ1n) is 5.68. The van der Waals surface area contributed by atoms with Gasteiger partial charge in [-0.2, -0.15) is 14.2 Å². The second-order valence-electron chi connectivity index (χ2n) is 4.08. The van der Waals surface area contributed by atoms with Crippen LogP contribution >= 0.6 is 0 Å². The summed E-state index contributed by atoms with van der Waals surface area (Å²) in [6, 6.07) is 7.82. The summed E-state index contributed by atoms with van der Waals surface area (Å²) in [5.74, 6) is 1.19. The van der Waals surface area contributed by atoms with Gasteiger partial charge in [-0.15, -0.1) is 10.2 Å². The number of fused-ring (bicyclic) bond motifs is 3. The summed E-state index contributed by atoms with van der Waals surface area (Å²) in [5.41, 5.74) is 1.64. The van der Waals surface area contributed by atoms with E-state index in [0.29, 0.717) is 5.95 Å². The van der Waals surface area contributed by atoms with Crippen LogP contribution in [0.1, 0.15) is 5.82 Å². The molecule has 92 valence electrons. The number of tetrazole rings is 1. The number of benzene rings is 1. The van der Waals surface area contributed by atoms with Crippen molar-refractivity contribution in [3.05, 3.63) is 36.4 Å². The zero-order valence-electron chi connectivity index (χ0n) is 9.96. The van der Waals surface area contributed by atoms with Gasteiger partial charge in [-0.05, 0) is 29.5 Å². The van der Waals surface area contributed by atoms with Gasteiger partial charge in [-0.3, -0.25) is 0 Å². The molecule has 0 saturated carbocycles. The van der Waals surface area contributed by atoms with E-state index in [0.717, 1.165) is 22.4 Å². The van der Waals surface area contributed by atoms with Gasteiger partial charge < -0.3 is 0 Å². The lowest BCUT2D eigenvalue weighted by Gasteiger charge is -2.01. The molecule has 0 aliphatic rings. The molecular weight excluding hydrogens is 244 g/mol. The molecule has 19 heavy (non-hydrogen) atoms. The highest BCUT2D eigenvalue weighted by Gasteiger charge is 2.12. The molecule has 8 nitrogen and oxygen atoms in total. The molecule has 0 radical (unpaired) electrons. The maximum Gasteiger partial charge on any atom is 0.273 e. The minimum absolute atomic E-state index is 0.422. The maximum absolute atomic E-state index is 4.50. The third-order valence-electron chi connectivity index (χ3n) is 2.88. The first-order chi connectivity index (χ1) is 9.33. The van der Waals surface area contributed by atoms with Crippen LogP contribution in [-0.4, -0.2) is 39.8 Å². The first-order valence-corrected chi connectivity index (χ1v) is 5.68. The van der Waals surface area contributed by atoms with Crippen molar-refractivity contribution in [1.29, 1.82) is 0 Å². The Bertz CT molecular complexity index is 876. The fourth-order valence-corrected chi connectivity index (χ4v) is 2.03. The van der Waals surface area contributed by atoms with Crippen molar-refractivity contribution in [3.63, 3.8) is 0 Å². The van der Waals surface area contributed by atoms with E-state index in [1.165, 1.54) is 11.0 Å². The highest BCUT2D eigenvalue weighted by Crippen LogP contribution is 2.18. The summed E-state index contributed by atoms with van der Waals surface area (Å²) >= 11 is 0. The number of nitrogens with zero attached hydrogens (tertiary/aromatic N) is 8. The van der Waals surface area contributed by atoms with Crippen LogP contribution in [0.4, 0.5) is 0 Å². The number of aromatic nitrogens is 8. The van der Waals surface area contributed by atoms with E-state index in [2.05, 4.69) is 30.6 Å². The molecule has 1 aromatic carbocycles. The lowest BCUT2D eigenvalue weighted by atomic mass is 10.2. The van der Waals surface area contributed by atoms with Crippen molar-refractivity contribution in [3.8, 4) is 5.95 Å². The Hall–Kier alpha value is -2.90. The molecule has 0 fully saturated rings. The zero-order valence-corrected chi connectivity index (χ0v) is 9.96. The number of hydrogen-bond donors (Lipinski definition) is 0. The number of rotatable bonds is 1. The highest BCUT2D eigenvalue weighted by molar-refractivity contribution is 5.91. The predicted molar refractivity (Wildman–Crippen MR) is 65.7 cm³/mol. The second-order valence-corrected chi connectivity index (χ2v) is 4.08. The van der Waals surface area contributed by atoms with Crippen molar-refractivity contribution < 1.29 is 0 Å². The average Bonchev–Trinajstić information content (AvgIpc) is 3.08. The van der Waals surface area contributed by atoms with Crippen LogP contribution in [-0.2, 0) is 0 Å². The summed E-state index contributed by atoms with van der Waals surface area (Å²) < 4.78 is 3.11. The van der Waals surface area contributed by atoms with Crippen LogP contribution in [0.25, 0.3) is 22.5 Å². The zero-order chi connectivity index (χ0) is 12.8. The molecule has 3 heterocycles. The van der Waals surface area contributed by atoms with Crippen LogP contribution in [0.5, 0.6) is 0 Å². The largest absolute Gasteiger partial charge is 0.273 e. The van der Waals surface area contributed by atoms with Gasteiger partial charge in [0.25, 0.3) is 5.95 Å². The minimum Gasteiger partial charge on any atom is -0.233 e. The van der Waals surface area contributed by atoms with Crippen LogP contribution in [0, 0.1) is 6.92 Å². The van der Waals surface area contributed by atoms with E-state index in [4.69, 9.17) is 0 Å². The molecule has 0 unspecified atom stereocenters. The quantitative estimate of drug-likeness (QED) is 0.492. The Morgan fingerprint density at radius 3 is 2.84 bits per heavy atom. The third kappa shape index (κ3) is 1.39. The molecule has 0 N–H and O–H groups in total. The summed E-state index contributed by atoms with van der Waals surface area (Å²) in [6.07, 6.45) is 1.46. The van der Waals surface area contributed by atoms with Crippen LogP contribution < -0.4 is 0 Å². The Balaban J connectivity index is 2.12. The topological polar surface area (TPSA) is 86.7 Å². The monoisotopic (exact) mass is 252 g/mol. The van der Waals surface area contributed by atoms with E-state index >= 15 is 0 Å². The summed E-state index contributed by atoms with van der Waals surface area (Å²) in [7, 11) is 0. The van der Waals surface area contributed by atoms with Gasteiger partial charge in [0.15, 0.2) is 5.65 Å². The third-order valence-corrected chi connectivity index (χ3v) is 2.88. The van der Waals surface area contributed by atoms with Crippen molar-refractivity contribution in [2.45, 2.75) is 6.92 Å². The van der Waals surface area contributed by atoms with Gasteiger partial charge in [0, 0.05) is 5.39 Å². The molecule has 0 amide bonds. The van der Waals surface area contributed by atoms with Crippen LogP contribution in [0.2, 0.25) is 0 Å². The Morgan fingerprint density at radius 2 is 2.00 bits per heavy atom. The molecule has 3 aromatic heterocycles. The molecule has 0 aliphatic heterocycles. The van der Waals surface area contributed by atoms with Crippen molar-refractivity contribution >= 4 is 16.6 Å². The predicted octanol–water partition coefficient (Wildman–Crippen LogP) is 0.562. The standard InChI is InChI=1S/C11H8N8/c1-7-13-9-5-3-2-4-8(9)10-14-11(15-19(7)10)18-6-12-16-17-18/h2-6H,1H3. The number of aryl methyl sites for hydroxylation is 1. The molecule has 0 saturated heterocycles. The second kappa shape index (κ2) is 3.55. The lowest BCUT2D eigenvalue weighted by molar-refractivity contribution is 0.738. The Morgan fingerprint density at radius 1 is 1.11 bits per heavy atom. The van der Waals surface area contributed by atoms with Crippen LogP contribution in [0.15, 0.2) is 30.6 Å². The first kappa shape index (κ1) is 10.1. The molecule has 0 spiro atoms. The van der Waals surface area contributed by atoms with E-state index < -0.39 is 0 Å². The smallest absolute Gasteiger partial charge is 0.233 e. The van der Waals surface area contributed by atoms with Gasteiger partial charge in [-0.1, -0.05) is 12.1 Å². The number of hydrogen-bond acceptors (Lipinski definition) is 6. The van der Waals surface area contributed by atoms with Gasteiger partial charge in [-0.25, -0.2) is 4.98 Å². The van der Waals surface area contributed by atoms with E-state index in [1.54, 1.807) is 4.52 Å². The summed E-state index contributed by atoms with van der Waals surface area (Å²) in [4.78, 5) is 8.97. The normalized spacial score (nSPS) is 11.4. The Labute approximate surface area is 106 Å². The molecule has 4 aromatic rings. The van der Waals surface area contributed by atoms with Crippen molar-refractivity contribution in [2.75, 3.05) is 0 Å². The summed E-state index contributed by atoms with van der Waals surface area (Å²) in [6.45, 7) is 1.89. The van der Waals surface area contributed by atoms with E-state index in [1.807, 2.05) is 31.2 Å². The molecule has 0 aliphatic carbocycles. The van der Waals surface area contributed by atoms with Crippen LogP contribution in [0.3, 0.4) is 0 Å². The fraction of sp³-hybridized carbons (Fsp3) is 0.0909. The average molecular weight is 252 g/mol. The van der Waals surface area contributed by atoms with E-state index in [-0.39, 0.29) is 0 Å². The summed E-state index contributed by atoms with van der Waals surface area (Å²) in [5, 5.41) is 16.3. The Kier molecular flexibility index (Phi) is 1.88. The molecular formula is C11H8N8. The lowest BCUT2D eigenvalue weighted by Crippen LogP contribution is -2.00. The van der Waals surface area contributed by atoms with Gasteiger partial charge in [0.05, 0.1) is 5.52 Å². The van der Waals surface area contributed by atoms with Crippen molar-refractivity contribution in [2.24, 2.45) is 0 Å². The SMILES string of the molecule is Cc1nc2ccccc2c2nc(-n3cnnn3)nn12. The van der Waals surface area contributed by atoms with E-state index in [9.17, 15) is 0 Å². The molecule has 0 bridgehead atoms. The van der Waals surface area contributed by atoms with Gasteiger partial charge in [0.2, 0.25) is 0 Å². The van der Waals surface area contributed by atoms with Gasteiger partial charge in [0.1, 0.15) is 12.2 Å². The molecule has 8 heteroatoms. The fourth-order valence-electron chi connectivity index (χ4n) is 2.03. The molecule has 4 rings (SSSR count). The van der Waals surface area contributed by atoms with Crippen molar-refractivity contribution in [1.82, 2.24) is 39.8 Å². The van der Waals surface area contributed by atoms with Gasteiger partial charge >= 0.3 is 0 Å². The molecule has 0 atom stereocenters. The highest BCUT2D eigenvalue weighted by atomic mass is 15.6.